The van der Waals surface area contributed by atoms with Crippen molar-refractivity contribution in [3.63, 3.8) is 0 Å². The Kier molecular flexibility index (Phi) is 8.25. The molecule has 0 aliphatic rings. The van der Waals surface area contributed by atoms with Crippen LogP contribution in [0.4, 0.5) is 17.1 Å². The van der Waals surface area contributed by atoms with E-state index in [9.17, 15) is 0 Å². The average Bonchev–Trinajstić information content (AvgIpc) is 3.70. The summed E-state index contributed by atoms with van der Waals surface area (Å²) in [5.41, 5.74) is 11.7. The molecule has 0 aliphatic carbocycles. The zero-order chi connectivity index (χ0) is 42.1. The highest BCUT2D eigenvalue weighted by molar-refractivity contribution is 6.17. The minimum Gasteiger partial charge on any atom is -0.310 e. The van der Waals surface area contributed by atoms with Crippen molar-refractivity contribution in [2.75, 3.05) is 4.90 Å². The summed E-state index contributed by atoms with van der Waals surface area (Å²) in [6.07, 6.45) is 0. The summed E-state index contributed by atoms with van der Waals surface area (Å²) in [5.74, 6) is 0. The largest absolute Gasteiger partial charge is 0.310 e. The summed E-state index contributed by atoms with van der Waals surface area (Å²) in [7, 11) is 0. The van der Waals surface area contributed by atoms with E-state index in [0.717, 1.165) is 22.7 Å². The Morgan fingerprint density at radius 1 is 0.250 bits per heavy atom. The van der Waals surface area contributed by atoms with Crippen LogP contribution in [0.3, 0.4) is 0 Å². The van der Waals surface area contributed by atoms with Crippen molar-refractivity contribution < 1.29 is 0 Å². The van der Waals surface area contributed by atoms with Crippen molar-refractivity contribution in [1.82, 2.24) is 4.57 Å². The summed E-state index contributed by atoms with van der Waals surface area (Å²) >= 11 is 0. The second kappa shape index (κ2) is 14.6. The van der Waals surface area contributed by atoms with Crippen LogP contribution in [0.2, 0.25) is 0 Å². The molecule has 13 aromatic rings. The first-order valence-corrected chi connectivity index (χ1v) is 22.1. The third kappa shape index (κ3) is 5.88. The maximum Gasteiger partial charge on any atom is 0.0542 e. The normalized spacial score (nSPS) is 11.8. The molecule has 1 heterocycles. The lowest BCUT2D eigenvalue weighted by molar-refractivity contribution is 1.18. The number of aromatic nitrogens is 1. The molecule has 0 unspecified atom stereocenters. The standard InChI is InChI=1S/C62H40N2/c1-2-16-49(17-3-1)64-61-21-11-10-20-56(61)60-40-52(33-35-62(60)64)63(50-30-28-42(29-31-50)46-26-22-41-12-4-5-14-45(41)36-46)51-32-34-55-58(37-47-15-7-9-19-54(47)59(55)39-51)48-27-25-44-24-23-43-13-6-8-18-53(43)57(44)38-48/h1-40H. The van der Waals surface area contributed by atoms with Gasteiger partial charge in [-0.05, 0) is 155 Å². The number of nitrogens with zero attached hydrogens (tertiary/aromatic N) is 2. The van der Waals surface area contributed by atoms with Gasteiger partial charge < -0.3 is 9.47 Å². The molecule has 0 N–H and O–H groups in total. The third-order valence-electron chi connectivity index (χ3n) is 13.3. The summed E-state index contributed by atoms with van der Waals surface area (Å²) in [6.45, 7) is 0. The van der Waals surface area contributed by atoms with Gasteiger partial charge in [-0.15, -0.1) is 0 Å². The van der Waals surface area contributed by atoms with E-state index in [2.05, 4.69) is 252 Å². The lowest BCUT2D eigenvalue weighted by atomic mass is 9.91. The van der Waals surface area contributed by atoms with E-state index in [1.807, 2.05) is 0 Å². The molecule has 0 radical (unpaired) electrons. The third-order valence-corrected chi connectivity index (χ3v) is 13.3. The van der Waals surface area contributed by atoms with Crippen molar-refractivity contribution in [3.8, 4) is 27.9 Å². The molecule has 2 nitrogen and oxygen atoms in total. The zero-order valence-corrected chi connectivity index (χ0v) is 35.0. The van der Waals surface area contributed by atoms with E-state index in [4.69, 9.17) is 0 Å². The maximum atomic E-state index is 2.43. The van der Waals surface area contributed by atoms with Gasteiger partial charge in [0.15, 0.2) is 0 Å². The summed E-state index contributed by atoms with van der Waals surface area (Å²) in [5, 5.41) is 14.9. The number of benzene rings is 12. The van der Waals surface area contributed by atoms with E-state index < -0.39 is 0 Å². The average molecular weight is 813 g/mol. The van der Waals surface area contributed by atoms with Crippen LogP contribution in [-0.4, -0.2) is 4.57 Å². The Bertz CT molecular complexity index is 3950. The fourth-order valence-electron chi connectivity index (χ4n) is 10.2. The molecule has 0 saturated heterocycles. The number of hydrogen-bond donors (Lipinski definition) is 0. The van der Waals surface area contributed by atoms with Crippen LogP contribution in [0.1, 0.15) is 0 Å². The van der Waals surface area contributed by atoms with Crippen molar-refractivity contribution in [2.45, 2.75) is 0 Å². The lowest BCUT2D eigenvalue weighted by Gasteiger charge is -2.27. The van der Waals surface area contributed by atoms with Gasteiger partial charge in [0.05, 0.1) is 11.0 Å². The molecular formula is C62H40N2. The highest BCUT2D eigenvalue weighted by Gasteiger charge is 2.20. The molecule has 0 fully saturated rings. The van der Waals surface area contributed by atoms with Crippen LogP contribution in [-0.2, 0) is 0 Å². The van der Waals surface area contributed by atoms with Crippen LogP contribution in [0.5, 0.6) is 0 Å². The first-order valence-electron chi connectivity index (χ1n) is 22.1. The van der Waals surface area contributed by atoms with Crippen LogP contribution in [0.15, 0.2) is 243 Å². The number of hydrogen-bond acceptors (Lipinski definition) is 1. The van der Waals surface area contributed by atoms with Crippen LogP contribution in [0, 0.1) is 0 Å². The molecule has 0 aliphatic heterocycles. The van der Waals surface area contributed by atoms with Crippen LogP contribution < -0.4 is 4.90 Å². The van der Waals surface area contributed by atoms with Gasteiger partial charge >= 0.3 is 0 Å². The minimum absolute atomic E-state index is 1.09. The van der Waals surface area contributed by atoms with Gasteiger partial charge in [-0.3, -0.25) is 0 Å². The number of fused-ring (bicyclic) bond motifs is 10. The Morgan fingerprint density at radius 2 is 0.797 bits per heavy atom. The van der Waals surface area contributed by atoms with Crippen LogP contribution in [0.25, 0.3) is 104 Å². The molecule has 0 atom stereocenters. The predicted molar refractivity (Wildman–Crippen MR) is 274 cm³/mol. The highest BCUT2D eigenvalue weighted by Crippen LogP contribution is 2.44. The Morgan fingerprint density at radius 3 is 1.61 bits per heavy atom. The zero-order valence-electron chi connectivity index (χ0n) is 35.0. The number of rotatable bonds is 6. The van der Waals surface area contributed by atoms with Crippen molar-refractivity contribution >= 4 is 92.7 Å². The first-order chi connectivity index (χ1) is 31.7. The second-order valence-electron chi connectivity index (χ2n) is 16.9. The highest BCUT2D eigenvalue weighted by atomic mass is 15.1. The van der Waals surface area contributed by atoms with Gasteiger partial charge in [0.2, 0.25) is 0 Å². The summed E-state index contributed by atoms with van der Waals surface area (Å²) in [6, 6.07) is 89.3. The summed E-state index contributed by atoms with van der Waals surface area (Å²) in [4.78, 5) is 2.43. The van der Waals surface area contributed by atoms with Crippen LogP contribution >= 0.6 is 0 Å². The van der Waals surface area contributed by atoms with Gasteiger partial charge in [-0.1, -0.05) is 164 Å². The maximum absolute atomic E-state index is 2.43. The molecule has 0 saturated carbocycles. The monoisotopic (exact) mass is 812 g/mol. The first kappa shape index (κ1) is 36.2. The van der Waals surface area contributed by atoms with Crippen molar-refractivity contribution in [2.24, 2.45) is 0 Å². The van der Waals surface area contributed by atoms with E-state index in [1.54, 1.807) is 0 Å². The molecule has 2 heteroatoms. The topological polar surface area (TPSA) is 8.17 Å². The fraction of sp³-hybridized carbons (Fsp3) is 0. The van der Waals surface area contributed by atoms with Gasteiger partial charge in [0.25, 0.3) is 0 Å². The molecule has 64 heavy (non-hydrogen) atoms. The number of anilines is 3. The molecule has 12 aromatic carbocycles. The number of para-hydroxylation sites is 2. The smallest absolute Gasteiger partial charge is 0.0542 e. The molecular weight excluding hydrogens is 773 g/mol. The lowest BCUT2D eigenvalue weighted by Crippen LogP contribution is -2.10. The minimum atomic E-state index is 1.09. The van der Waals surface area contributed by atoms with Crippen molar-refractivity contribution in [1.29, 1.82) is 0 Å². The predicted octanol–water partition coefficient (Wildman–Crippen LogP) is 17.4. The second-order valence-corrected chi connectivity index (χ2v) is 16.9. The van der Waals surface area contributed by atoms with Crippen molar-refractivity contribution in [3.05, 3.63) is 243 Å². The van der Waals surface area contributed by atoms with E-state index in [1.165, 1.54) is 97.9 Å². The fourth-order valence-corrected chi connectivity index (χ4v) is 10.2. The molecule has 13 rings (SSSR count). The van der Waals surface area contributed by atoms with E-state index in [0.29, 0.717) is 0 Å². The Labute approximate surface area is 371 Å². The molecule has 0 spiro atoms. The molecule has 298 valence electrons. The van der Waals surface area contributed by atoms with Gasteiger partial charge in [-0.2, -0.15) is 0 Å². The summed E-state index contributed by atoms with van der Waals surface area (Å²) < 4.78 is 2.39. The Hall–Kier alpha value is -8.46. The van der Waals surface area contributed by atoms with Gasteiger partial charge in [-0.25, -0.2) is 0 Å². The van der Waals surface area contributed by atoms with E-state index in [-0.39, 0.29) is 0 Å². The van der Waals surface area contributed by atoms with Gasteiger partial charge in [0.1, 0.15) is 0 Å². The SMILES string of the molecule is c1ccc(-n2c3ccccc3c3cc(N(c4ccc(-c5ccc6ccccc6c5)cc4)c4ccc5c(-c6ccc7ccc8ccccc8c7c6)cc6ccccc6c5c4)ccc32)cc1. The molecule has 1 aromatic heterocycles. The molecule has 0 amide bonds. The van der Waals surface area contributed by atoms with Gasteiger partial charge in [0, 0.05) is 33.5 Å². The Balaban J connectivity index is 1.02. The quantitative estimate of drug-likeness (QED) is 0.152. The van der Waals surface area contributed by atoms with E-state index >= 15 is 0 Å². The molecule has 0 bridgehead atoms.